The molecule has 0 saturated carbocycles. The molecule has 0 atom stereocenters. The third-order valence-electron chi connectivity index (χ3n) is 4.29. The lowest BCUT2D eigenvalue weighted by Gasteiger charge is -2.31. The zero-order valence-electron chi connectivity index (χ0n) is 13.5. The van der Waals surface area contributed by atoms with E-state index in [1.54, 1.807) is 0 Å². The Morgan fingerprint density at radius 1 is 1.08 bits per heavy atom. The summed E-state index contributed by atoms with van der Waals surface area (Å²) >= 11 is 3.54. The average molecular weight is 384 g/mol. The standard InChI is InChI=1S/C20H18BrNO2/c1-2-23-17-7-5-16(6-8-17)22-12-19-18-9-4-15(21)11-14(18)3-10-20(19)24-13-22/h3-11H,2,12-13H2,1H3. The van der Waals surface area contributed by atoms with E-state index in [0.717, 1.165) is 28.2 Å². The number of anilines is 1. The number of hydrogen-bond donors (Lipinski definition) is 0. The topological polar surface area (TPSA) is 21.7 Å². The fraction of sp³-hybridized carbons (Fsp3) is 0.200. The molecule has 0 aromatic heterocycles. The lowest BCUT2D eigenvalue weighted by Crippen LogP contribution is -2.31. The molecular weight excluding hydrogens is 366 g/mol. The van der Waals surface area contributed by atoms with E-state index in [2.05, 4.69) is 63.3 Å². The highest BCUT2D eigenvalue weighted by atomic mass is 79.9. The molecule has 0 amide bonds. The second kappa shape index (κ2) is 6.36. The van der Waals surface area contributed by atoms with Crippen molar-refractivity contribution in [2.45, 2.75) is 13.5 Å². The van der Waals surface area contributed by atoms with Crippen LogP contribution >= 0.6 is 15.9 Å². The molecule has 4 rings (SSSR count). The lowest BCUT2D eigenvalue weighted by molar-refractivity contribution is 0.290. The minimum absolute atomic E-state index is 0.559. The Morgan fingerprint density at radius 3 is 2.71 bits per heavy atom. The van der Waals surface area contributed by atoms with Gasteiger partial charge < -0.3 is 14.4 Å². The van der Waals surface area contributed by atoms with Crippen molar-refractivity contribution < 1.29 is 9.47 Å². The van der Waals surface area contributed by atoms with Crippen molar-refractivity contribution in [1.29, 1.82) is 0 Å². The molecule has 1 heterocycles. The molecule has 3 aromatic carbocycles. The Kier molecular flexibility index (Phi) is 4.07. The van der Waals surface area contributed by atoms with Gasteiger partial charge in [-0.3, -0.25) is 0 Å². The Labute approximate surface area is 149 Å². The summed E-state index contributed by atoms with van der Waals surface area (Å²) < 4.78 is 12.6. The van der Waals surface area contributed by atoms with Crippen LogP contribution in [-0.4, -0.2) is 13.3 Å². The summed E-state index contributed by atoms with van der Waals surface area (Å²) in [5.41, 5.74) is 2.37. The Balaban J connectivity index is 1.67. The summed E-state index contributed by atoms with van der Waals surface area (Å²) in [6.07, 6.45) is 0. The van der Waals surface area contributed by atoms with Gasteiger partial charge in [0.1, 0.15) is 11.5 Å². The third kappa shape index (κ3) is 2.82. The van der Waals surface area contributed by atoms with Crippen molar-refractivity contribution in [1.82, 2.24) is 0 Å². The number of fused-ring (bicyclic) bond motifs is 3. The van der Waals surface area contributed by atoms with Gasteiger partial charge in [0.25, 0.3) is 0 Å². The zero-order valence-corrected chi connectivity index (χ0v) is 15.0. The highest BCUT2D eigenvalue weighted by Gasteiger charge is 2.20. The summed E-state index contributed by atoms with van der Waals surface area (Å²) in [4.78, 5) is 2.24. The number of halogens is 1. The zero-order chi connectivity index (χ0) is 16.5. The Hall–Kier alpha value is -2.20. The van der Waals surface area contributed by atoms with E-state index in [0.29, 0.717) is 13.3 Å². The van der Waals surface area contributed by atoms with E-state index in [4.69, 9.17) is 9.47 Å². The minimum Gasteiger partial charge on any atom is -0.494 e. The van der Waals surface area contributed by atoms with Gasteiger partial charge in [0.05, 0.1) is 13.2 Å². The van der Waals surface area contributed by atoms with Crippen LogP contribution in [0.25, 0.3) is 10.8 Å². The molecular formula is C20H18BrNO2. The number of rotatable bonds is 3. The quantitative estimate of drug-likeness (QED) is 0.607. The van der Waals surface area contributed by atoms with Gasteiger partial charge in [-0.05, 0) is 60.2 Å². The first-order chi connectivity index (χ1) is 11.7. The number of nitrogens with zero attached hydrogens (tertiary/aromatic N) is 1. The average Bonchev–Trinajstić information content (AvgIpc) is 2.62. The predicted molar refractivity (Wildman–Crippen MR) is 101 cm³/mol. The van der Waals surface area contributed by atoms with Crippen molar-refractivity contribution >= 4 is 32.4 Å². The van der Waals surface area contributed by atoms with Gasteiger partial charge in [0.15, 0.2) is 6.73 Å². The van der Waals surface area contributed by atoms with Crippen molar-refractivity contribution in [3.63, 3.8) is 0 Å². The fourth-order valence-electron chi connectivity index (χ4n) is 3.11. The lowest BCUT2D eigenvalue weighted by atomic mass is 10.0. The smallest absolute Gasteiger partial charge is 0.161 e. The van der Waals surface area contributed by atoms with Gasteiger partial charge >= 0.3 is 0 Å². The molecule has 0 unspecified atom stereocenters. The van der Waals surface area contributed by atoms with E-state index in [1.165, 1.54) is 16.3 Å². The van der Waals surface area contributed by atoms with Crippen LogP contribution in [0.5, 0.6) is 11.5 Å². The third-order valence-corrected chi connectivity index (χ3v) is 4.78. The molecule has 24 heavy (non-hydrogen) atoms. The van der Waals surface area contributed by atoms with E-state index in [9.17, 15) is 0 Å². The molecule has 3 aromatic rings. The molecule has 4 heteroatoms. The monoisotopic (exact) mass is 383 g/mol. The second-order valence-electron chi connectivity index (χ2n) is 5.81. The molecule has 0 N–H and O–H groups in total. The van der Waals surface area contributed by atoms with Crippen LogP contribution in [0.15, 0.2) is 59.1 Å². The van der Waals surface area contributed by atoms with E-state index in [1.807, 2.05) is 19.1 Å². The molecule has 0 saturated heterocycles. The highest BCUT2D eigenvalue weighted by Crippen LogP contribution is 2.35. The van der Waals surface area contributed by atoms with Crippen molar-refractivity contribution in [3.8, 4) is 11.5 Å². The van der Waals surface area contributed by atoms with Crippen LogP contribution in [0, 0.1) is 0 Å². The Morgan fingerprint density at radius 2 is 1.92 bits per heavy atom. The maximum absolute atomic E-state index is 5.99. The summed E-state index contributed by atoms with van der Waals surface area (Å²) in [5.74, 6) is 1.88. The molecule has 1 aliphatic heterocycles. The van der Waals surface area contributed by atoms with Gasteiger partial charge in [0.2, 0.25) is 0 Å². The number of ether oxygens (including phenoxy) is 2. The first kappa shape index (κ1) is 15.3. The van der Waals surface area contributed by atoms with Gasteiger partial charge in [-0.25, -0.2) is 0 Å². The number of hydrogen-bond acceptors (Lipinski definition) is 3. The summed E-state index contributed by atoms with van der Waals surface area (Å²) in [6.45, 7) is 4.07. The SMILES string of the molecule is CCOc1ccc(N2COc3ccc4cc(Br)ccc4c3C2)cc1. The normalized spacial score (nSPS) is 13.5. The van der Waals surface area contributed by atoms with Gasteiger partial charge in [-0.1, -0.05) is 28.1 Å². The maximum Gasteiger partial charge on any atom is 0.161 e. The van der Waals surface area contributed by atoms with Crippen molar-refractivity contribution in [3.05, 3.63) is 64.6 Å². The van der Waals surface area contributed by atoms with E-state index >= 15 is 0 Å². The predicted octanol–water partition coefficient (Wildman–Crippen LogP) is 5.36. The van der Waals surface area contributed by atoms with Crippen LogP contribution < -0.4 is 14.4 Å². The number of benzene rings is 3. The molecule has 0 spiro atoms. The maximum atomic E-state index is 5.99. The van der Waals surface area contributed by atoms with Crippen LogP contribution in [-0.2, 0) is 6.54 Å². The first-order valence-electron chi connectivity index (χ1n) is 8.06. The molecule has 0 radical (unpaired) electrons. The minimum atomic E-state index is 0.559. The summed E-state index contributed by atoms with van der Waals surface area (Å²) in [6, 6.07) is 18.8. The highest BCUT2D eigenvalue weighted by molar-refractivity contribution is 9.10. The van der Waals surface area contributed by atoms with Crippen molar-refractivity contribution in [2.75, 3.05) is 18.2 Å². The van der Waals surface area contributed by atoms with Gasteiger partial charge in [-0.2, -0.15) is 0 Å². The van der Waals surface area contributed by atoms with Crippen LogP contribution in [0.3, 0.4) is 0 Å². The van der Waals surface area contributed by atoms with Gasteiger partial charge in [-0.15, -0.1) is 0 Å². The van der Waals surface area contributed by atoms with Crippen molar-refractivity contribution in [2.24, 2.45) is 0 Å². The van der Waals surface area contributed by atoms with Crippen LogP contribution in [0.2, 0.25) is 0 Å². The fourth-order valence-corrected chi connectivity index (χ4v) is 3.49. The Bertz CT molecular complexity index is 877. The molecule has 122 valence electrons. The molecule has 0 bridgehead atoms. The van der Waals surface area contributed by atoms with E-state index < -0.39 is 0 Å². The molecule has 3 nitrogen and oxygen atoms in total. The second-order valence-corrected chi connectivity index (χ2v) is 6.72. The van der Waals surface area contributed by atoms with E-state index in [-0.39, 0.29) is 0 Å². The van der Waals surface area contributed by atoms with Crippen LogP contribution in [0.1, 0.15) is 12.5 Å². The largest absolute Gasteiger partial charge is 0.494 e. The molecule has 1 aliphatic rings. The molecule has 0 aliphatic carbocycles. The summed E-state index contributed by atoms with van der Waals surface area (Å²) in [7, 11) is 0. The van der Waals surface area contributed by atoms with Crippen LogP contribution in [0.4, 0.5) is 5.69 Å². The summed E-state index contributed by atoms with van der Waals surface area (Å²) in [5, 5.41) is 2.46. The first-order valence-corrected chi connectivity index (χ1v) is 8.85. The molecule has 0 fully saturated rings. The van der Waals surface area contributed by atoms with Gasteiger partial charge in [0, 0.05) is 15.7 Å².